The number of rotatable bonds is 5. The molecule has 2 aromatic carbocycles. The van der Waals surface area contributed by atoms with Gasteiger partial charge in [-0.05, 0) is 74.2 Å². The number of nitrogens with zero attached hydrogens (tertiary/aromatic N) is 2. The molecule has 0 radical (unpaired) electrons. The summed E-state index contributed by atoms with van der Waals surface area (Å²) in [4.78, 5) is 31.6. The largest absolute Gasteiger partial charge is 0.305 e. The number of fused-ring (bicyclic) bond motifs is 1. The molecule has 2 aliphatic rings. The monoisotopic (exact) mass is 433 g/mol. The van der Waals surface area contributed by atoms with Gasteiger partial charge in [-0.25, -0.2) is 9.88 Å². The van der Waals surface area contributed by atoms with E-state index in [1.807, 2.05) is 30.3 Å². The number of amides is 2. The van der Waals surface area contributed by atoms with E-state index in [1.165, 1.54) is 42.6 Å². The van der Waals surface area contributed by atoms with Crippen molar-refractivity contribution in [3.05, 3.63) is 48.0 Å². The van der Waals surface area contributed by atoms with Gasteiger partial charge in [0.25, 0.3) is 5.91 Å². The quantitative estimate of drug-likeness (QED) is 0.571. The van der Waals surface area contributed by atoms with Gasteiger partial charge in [-0.3, -0.25) is 9.59 Å². The zero-order valence-corrected chi connectivity index (χ0v) is 18.6. The molecule has 1 aliphatic heterocycles. The molecule has 2 amide bonds. The van der Waals surface area contributed by atoms with Gasteiger partial charge in [0, 0.05) is 5.56 Å². The van der Waals surface area contributed by atoms with Crippen LogP contribution in [0.25, 0.3) is 20.8 Å². The number of aromatic nitrogens is 1. The van der Waals surface area contributed by atoms with Crippen molar-refractivity contribution in [1.82, 2.24) is 10.3 Å². The smallest absolute Gasteiger partial charge is 0.251 e. The summed E-state index contributed by atoms with van der Waals surface area (Å²) in [5.74, 6) is 0.362. The van der Waals surface area contributed by atoms with Gasteiger partial charge in [0.05, 0.1) is 28.4 Å². The summed E-state index contributed by atoms with van der Waals surface area (Å²) in [5, 5.41) is 4.31. The topological polar surface area (TPSA) is 62.3 Å². The maximum atomic E-state index is 12.9. The van der Waals surface area contributed by atoms with Crippen LogP contribution in [0.3, 0.4) is 0 Å². The Balaban J connectivity index is 1.29. The summed E-state index contributed by atoms with van der Waals surface area (Å²) in [6.45, 7) is 2.91. The Bertz CT molecular complexity index is 1120. The van der Waals surface area contributed by atoms with Crippen LogP contribution >= 0.6 is 11.3 Å². The van der Waals surface area contributed by atoms with Crippen LogP contribution in [0.1, 0.15) is 44.1 Å². The molecule has 5 rings (SSSR count). The van der Waals surface area contributed by atoms with Crippen molar-refractivity contribution in [3.63, 3.8) is 0 Å². The molecule has 6 heteroatoms. The van der Waals surface area contributed by atoms with E-state index >= 15 is 0 Å². The Morgan fingerprint density at radius 3 is 2.61 bits per heavy atom. The zero-order chi connectivity index (χ0) is 21.4. The molecule has 0 spiro atoms. The summed E-state index contributed by atoms with van der Waals surface area (Å²) in [5.41, 5.74) is 3.84. The Kier molecular flexibility index (Phi) is 5.59. The number of carbonyl (C=O) groups excluding carboxylic acids is 2. The van der Waals surface area contributed by atoms with E-state index in [-0.39, 0.29) is 18.2 Å². The predicted octanol–water partition coefficient (Wildman–Crippen LogP) is 5.07. The lowest BCUT2D eigenvalue weighted by molar-refractivity contribution is -0.121. The molecule has 3 aromatic rings. The van der Waals surface area contributed by atoms with E-state index in [0.717, 1.165) is 27.3 Å². The molecule has 1 saturated carbocycles. The van der Waals surface area contributed by atoms with Crippen LogP contribution in [0, 0.1) is 12.8 Å². The molecule has 2 heterocycles. The van der Waals surface area contributed by atoms with Crippen LogP contribution in [0.4, 0.5) is 5.69 Å². The predicted molar refractivity (Wildman–Crippen MR) is 125 cm³/mol. The minimum absolute atomic E-state index is 0.130. The number of aryl methyl sites for hydroxylation is 1. The second-order valence-corrected chi connectivity index (χ2v) is 9.80. The molecular formula is C25H27N3O2S. The molecule has 5 nitrogen and oxygen atoms in total. The molecule has 160 valence electrons. The first-order valence-electron chi connectivity index (χ1n) is 11.2. The summed E-state index contributed by atoms with van der Waals surface area (Å²) in [7, 11) is 0. The molecule has 1 atom stereocenters. The van der Waals surface area contributed by atoms with Crippen molar-refractivity contribution < 1.29 is 9.59 Å². The third-order valence-electron chi connectivity index (χ3n) is 6.44. The number of anilines is 1. The normalized spacial score (nSPS) is 20.2. The van der Waals surface area contributed by atoms with Crippen molar-refractivity contribution in [2.75, 3.05) is 11.4 Å². The minimum atomic E-state index is -0.401. The third kappa shape index (κ3) is 4.14. The van der Waals surface area contributed by atoms with Crippen LogP contribution in [0.5, 0.6) is 0 Å². The second kappa shape index (κ2) is 8.52. The zero-order valence-electron chi connectivity index (χ0n) is 17.8. The lowest BCUT2D eigenvalue weighted by Crippen LogP contribution is -2.41. The van der Waals surface area contributed by atoms with Crippen LogP contribution in [-0.4, -0.2) is 29.4 Å². The molecule has 1 aliphatic carbocycles. The molecule has 0 unspecified atom stereocenters. The number of thiazole rings is 1. The minimum Gasteiger partial charge on any atom is -0.305 e. The van der Waals surface area contributed by atoms with Crippen LogP contribution in [0.15, 0.2) is 42.5 Å². The summed E-state index contributed by atoms with van der Waals surface area (Å²) in [6, 6.07) is 13.5. The highest BCUT2D eigenvalue weighted by atomic mass is 32.1. The van der Waals surface area contributed by atoms with Crippen molar-refractivity contribution in [2.45, 2.75) is 51.5 Å². The van der Waals surface area contributed by atoms with E-state index in [2.05, 4.69) is 24.4 Å². The molecular weight excluding hydrogens is 406 g/mol. The Morgan fingerprint density at radius 1 is 1.06 bits per heavy atom. The fraction of sp³-hybridized carbons (Fsp3) is 0.400. The van der Waals surface area contributed by atoms with Crippen molar-refractivity contribution >= 4 is 39.1 Å². The maximum absolute atomic E-state index is 12.9. The highest BCUT2D eigenvalue weighted by molar-refractivity contribution is 7.21. The molecule has 1 aromatic heterocycles. The summed E-state index contributed by atoms with van der Waals surface area (Å²) >= 11 is 1.66. The average Bonchev–Trinajstić information content (AvgIpc) is 3.33. The molecule has 2 fully saturated rings. The van der Waals surface area contributed by atoms with E-state index in [4.69, 9.17) is 4.98 Å². The Morgan fingerprint density at radius 2 is 1.84 bits per heavy atom. The highest BCUT2D eigenvalue weighted by Gasteiger charge is 2.39. The van der Waals surface area contributed by atoms with E-state index in [1.54, 1.807) is 11.3 Å². The number of hydrogen-bond acceptors (Lipinski definition) is 5. The van der Waals surface area contributed by atoms with Crippen molar-refractivity contribution in [1.29, 1.82) is 0 Å². The van der Waals surface area contributed by atoms with E-state index in [0.29, 0.717) is 11.6 Å². The van der Waals surface area contributed by atoms with Crippen molar-refractivity contribution in [3.8, 4) is 10.6 Å². The SMILES string of the molecule is Cc1ccc2nc(-c3ccc(N4C(=O)C[C@H](NCC5CCCCC5)C4=O)cc3)sc2c1. The molecule has 31 heavy (non-hydrogen) atoms. The first-order chi connectivity index (χ1) is 15.1. The average molecular weight is 434 g/mol. The van der Waals surface area contributed by atoms with Gasteiger partial charge in [0.2, 0.25) is 5.91 Å². The van der Waals surface area contributed by atoms with Gasteiger partial charge >= 0.3 is 0 Å². The van der Waals surface area contributed by atoms with Crippen LogP contribution < -0.4 is 10.2 Å². The molecule has 0 bridgehead atoms. The number of nitrogens with one attached hydrogen (secondary N) is 1. The first-order valence-corrected chi connectivity index (χ1v) is 12.0. The molecule has 1 N–H and O–H groups in total. The maximum Gasteiger partial charge on any atom is 0.251 e. The number of hydrogen-bond donors (Lipinski definition) is 1. The highest BCUT2D eigenvalue weighted by Crippen LogP contribution is 2.32. The van der Waals surface area contributed by atoms with Gasteiger partial charge in [-0.2, -0.15) is 0 Å². The first kappa shape index (κ1) is 20.3. The van der Waals surface area contributed by atoms with Gasteiger partial charge in [-0.15, -0.1) is 11.3 Å². The lowest BCUT2D eigenvalue weighted by Gasteiger charge is -2.23. The molecule has 1 saturated heterocycles. The van der Waals surface area contributed by atoms with Gasteiger partial charge < -0.3 is 5.32 Å². The number of imide groups is 1. The van der Waals surface area contributed by atoms with Gasteiger partial charge in [0.1, 0.15) is 5.01 Å². The standard InChI is InChI=1S/C25H27N3O2S/c1-16-7-12-20-22(13-16)31-24(27-20)18-8-10-19(11-9-18)28-23(29)14-21(25(28)30)26-15-17-5-3-2-4-6-17/h7-13,17,21,26H,2-6,14-15H2,1H3/t21-/m0/s1. The fourth-order valence-corrected chi connectivity index (χ4v) is 5.74. The fourth-order valence-electron chi connectivity index (χ4n) is 4.67. The van der Waals surface area contributed by atoms with Crippen LogP contribution in [-0.2, 0) is 9.59 Å². The lowest BCUT2D eigenvalue weighted by atomic mass is 9.89. The van der Waals surface area contributed by atoms with Gasteiger partial charge in [-0.1, -0.05) is 25.3 Å². The number of benzene rings is 2. The third-order valence-corrected chi connectivity index (χ3v) is 7.51. The van der Waals surface area contributed by atoms with E-state index < -0.39 is 6.04 Å². The van der Waals surface area contributed by atoms with Crippen LogP contribution in [0.2, 0.25) is 0 Å². The summed E-state index contributed by atoms with van der Waals surface area (Å²) < 4.78 is 1.16. The van der Waals surface area contributed by atoms with E-state index in [9.17, 15) is 9.59 Å². The van der Waals surface area contributed by atoms with Gasteiger partial charge in [0.15, 0.2) is 0 Å². The summed E-state index contributed by atoms with van der Waals surface area (Å²) in [6.07, 6.45) is 6.55. The Labute approximate surface area is 186 Å². The Hall–Kier alpha value is -2.57. The van der Waals surface area contributed by atoms with Crippen molar-refractivity contribution in [2.24, 2.45) is 5.92 Å². The second-order valence-electron chi connectivity index (χ2n) is 8.77. The number of carbonyl (C=O) groups is 2.